The molecular weight excluding hydrogens is 370 g/mol. The van der Waals surface area contributed by atoms with Crippen LogP contribution in [0.5, 0.6) is 0 Å². The highest BCUT2D eigenvalue weighted by atomic mass is 79.9. The molecule has 0 saturated carbocycles. The SMILES string of the molecule is O=C(O)CS(=O)(=O)CCN1CCC(c2cccc(Br)c2)CC1. The average molecular weight is 390 g/mol. The van der Waals surface area contributed by atoms with Gasteiger partial charge in [-0.05, 0) is 49.5 Å². The van der Waals surface area contributed by atoms with Crippen LogP contribution in [0.3, 0.4) is 0 Å². The van der Waals surface area contributed by atoms with E-state index < -0.39 is 21.6 Å². The summed E-state index contributed by atoms with van der Waals surface area (Å²) in [7, 11) is -3.50. The van der Waals surface area contributed by atoms with Gasteiger partial charge in [0.05, 0.1) is 5.75 Å². The van der Waals surface area contributed by atoms with Gasteiger partial charge in [0.25, 0.3) is 0 Å². The second-order valence-corrected chi connectivity index (χ2v) is 8.76. The fourth-order valence-corrected chi connectivity index (χ4v) is 4.25. The first-order valence-electron chi connectivity index (χ1n) is 7.26. The molecule has 5 nitrogen and oxygen atoms in total. The molecule has 7 heteroatoms. The quantitative estimate of drug-likeness (QED) is 0.806. The van der Waals surface area contributed by atoms with E-state index in [9.17, 15) is 13.2 Å². The number of likely N-dealkylation sites (tertiary alicyclic amines) is 1. The van der Waals surface area contributed by atoms with Crippen LogP contribution in [0.15, 0.2) is 28.7 Å². The fraction of sp³-hybridized carbons (Fsp3) is 0.533. The number of aliphatic carboxylic acids is 1. The Morgan fingerprint density at radius 1 is 1.32 bits per heavy atom. The molecule has 0 amide bonds. The zero-order valence-corrected chi connectivity index (χ0v) is 14.6. The number of nitrogens with zero attached hydrogens (tertiary/aromatic N) is 1. The average Bonchev–Trinajstić information content (AvgIpc) is 2.44. The van der Waals surface area contributed by atoms with E-state index in [1.165, 1.54) is 5.56 Å². The van der Waals surface area contributed by atoms with Gasteiger partial charge < -0.3 is 10.0 Å². The maximum absolute atomic E-state index is 11.6. The fourth-order valence-electron chi connectivity index (χ4n) is 2.78. The smallest absolute Gasteiger partial charge is 0.318 e. The monoisotopic (exact) mass is 389 g/mol. The molecular formula is C15H20BrNO4S. The molecule has 1 fully saturated rings. The number of carbonyl (C=O) groups is 1. The Labute approximate surface area is 139 Å². The number of sulfone groups is 1. The highest BCUT2D eigenvalue weighted by Crippen LogP contribution is 2.29. The van der Waals surface area contributed by atoms with Crippen LogP contribution < -0.4 is 0 Å². The Balaban J connectivity index is 1.81. The molecule has 122 valence electrons. The van der Waals surface area contributed by atoms with Crippen molar-refractivity contribution in [1.29, 1.82) is 0 Å². The number of carboxylic acids is 1. The molecule has 0 atom stereocenters. The van der Waals surface area contributed by atoms with Gasteiger partial charge in [0.1, 0.15) is 5.75 Å². The van der Waals surface area contributed by atoms with Crippen LogP contribution in [0.25, 0.3) is 0 Å². The highest BCUT2D eigenvalue weighted by Gasteiger charge is 2.23. The predicted molar refractivity (Wildman–Crippen MR) is 88.8 cm³/mol. The van der Waals surface area contributed by atoms with Crippen molar-refractivity contribution in [2.45, 2.75) is 18.8 Å². The first-order valence-corrected chi connectivity index (χ1v) is 9.87. The van der Waals surface area contributed by atoms with E-state index in [0.29, 0.717) is 12.5 Å². The third-order valence-electron chi connectivity index (χ3n) is 3.97. The molecule has 0 spiro atoms. The number of hydrogen-bond acceptors (Lipinski definition) is 4. The van der Waals surface area contributed by atoms with Crippen molar-refractivity contribution < 1.29 is 18.3 Å². The Bertz CT molecular complexity index is 624. The van der Waals surface area contributed by atoms with E-state index >= 15 is 0 Å². The normalized spacial score (nSPS) is 17.5. The molecule has 1 heterocycles. The van der Waals surface area contributed by atoms with Crippen LogP contribution in [0, 0.1) is 0 Å². The van der Waals surface area contributed by atoms with Crippen molar-refractivity contribution in [2.24, 2.45) is 0 Å². The topological polar surface area (TPSA) is 74.7 Å². The van der Waals surface area contributed by atoms with Gasteiger partial charge in [-0.15, -0.1) is 0 Å². The van der Waals surface area contributed by atoms with Gasteiger partial charge in [0.2, 0.25) is 0 Å². The lowest BCUT2D eigenvalue weighted by Gasteiger charge is -2.32. The predicted octanol–water partition coefficient (Wildman–Crippen LogP) is 2.13. The van der Waals surface area contributed by atoms with Crippen LogP contribution in [0.4, 0.5) is 0 Å². The van der Waals surface area contributed by atoms with Crippen LogP contribution in [-0.2, 0) is 14.6 Å². The number of benzene rings is 1. The molecule has 1 N–H and O–H groups in total. The number of piperidine rings is 1. The van der Waals surface area contributed by atoms with Gasteiger partial charge in [-0.1, -0.05) is 28.1 Å². The second kappa shape index (κ2) is 7.57. The first-order chi connectivity index (χ1) is 10.4. The summed E-state index contributed by atoms with van der Waals surface area (Å²) >= 11 is 3.48. The molecule has 2 rings (SSSR count). The lowest BCUT2D eigenvalue weighted by molar-refractivity contribution is -0.134. The second-order valence-electron chi connectivity index (χ2n) is 5.66. The van der Waals surface area contributed by atoms with Gasteiger partial charge in [-0.2, -0.15) is 0 Å². The van der Waals surface area contributed by atoms with E-state index in [1.807, 2.05) is 12.1 Å². The van der Waals surface area contributed by atoms with Crippen LogP contribution in [-0.4, -0.2) is 55.5 Å². The Kier molecular flexibility index (Phi) is 6.00. The molecule has 1 aliphatic rings. The minimum Gasteiger partial charge on any atom is -0.480 e. The summed E-state index contributed by atoms with van der Waals surface area (Å²) < 4.78 is 24.3. The van der Waals surface area contributed by atoms with E-state index in [0.717, 1.165) is 30.4 Å². The molecule has 0 aliphatic carbocycles. The lowest BCUT2D eigenvalue weighted by atomic mass is 9.89. The molecule has 0 radical (unpaired) electrons. The Morgan fingerprint density at radius 2 is 2.00 bits per heavy atom. The van der Waals surface area contributed by atoms with Crippen molar-refractivity contribution in [2.75, 3.05) is 31.1 Å². The number of halogens is 1. The van der Waals surface area contributed by atoms with Crippen molar-refractivity contribution in [1.82, 2.24) is 4.90 Å². The molecule has 0 aromatic heterocycles. The zero-order chi connectivity index (χ0) is 16.2. The maximum atomic E-state index is 11.6. The van der Waals surface area contributed by atoms with Crippen molar-refractivity contribution in [3.8, 4) is 0 Å². The third-order valence-corrected chi connectivity index (χ3v) is 5.95. The number of rotatable bonds is 6. The van der Waals surface area contributed by atoms with Gasteiger partial charge in [-0.25, -0.2) is 8.42 Å². The minimum atomic E-state index is -3.50. The van der Waals surface area contributed by atoms with Gasteiger partial charge >= 0.3 is 5.97 Å². The zero-order valence-electron chi connectivity index (χ0n) is 12.2. The number of carboxylic acid groups (broad SMARTS) is 1. The van der Waals surface area contributed by atoms with Crippen LogP contribution >= 0.6 is 15.9 Å². The Hall–Kier alpha value is -0.920. The molecule has 1 aromatic rings. The minimum absolute atomic E-state index is 0.0825. The van der Waals surface area contributed by atoms with E-state index in [4.69, 9.17) is 5.11 Å². The van der Waals surface area contributed by atoms with E-state index in [1.54, 1.807) is 0 Å². The molecule has 22 heavy (non-hydrogen) atoms. The van der Waals surface area contributed by atoms with Crippen molar-refractivity contribution in [3.63, 3.8) is 0 Å². The summed E-state index contributed by atoms with van der Waals surface area (Å²) in [4.78, 5) is 12.6. The van der Waals surface area contributed by atoms with E-state index in [2.05, 4.69) is 33.0 Å². The van der Waals surface area contributed by atoms with Gasteiger partial charge in [-0.3, -0.25) is 4.79 Å². The third kappa shape index (κ3) is 5.37. The van der Waals surface area contributed by atoms with E-state index in [-0.39, 0.29) is 5.75 Å². The summed E-state index contributed by atoms with van der Waals surface area (Å²) in [5, 5.41) is 8.57. The van der Waals surface area contributed by atoms with Gasteiger partial charge in [0.15, 0.2) is 9.84 Å². The van der Waals surface area contributed by atoms with Crippen molar-refractivity contribution in [3.05, 3.63) is 34.3 Å². The first kappa shape index (κ1) is 17.4. The standard InChI is InChI=1S/C15H20BrNO4S/c16-14-3-1-2-13(10-14)12-4-6-17(7-5-12)8-9-22(20,21)11-15(18)19/h1-3,10,12H,4-9,11H2,(H,18,19). The van der Waals surface area contributed by atoms with Crippen LogP contribution in [0.2, 0.25) is 0 Å². The molecule has 1 saturated heterocycles. The Morgan fingerprint density at radius 3 is 2.59 bits per heavy atom. The molecule has 1 aromatic carbocycles. The van der Waals surface area contributed by atoms with Crippen LogP contribution in [0.1, 0.15) is 24.3 Å². The summed E-state index contributed by atoms with van der Waals surface area (Å²) in [6, 6.07) is 8.30. The molecule has 0 bridgehead atoms. The largest absolute Gasteiger partial charge is 0.480 e. The summed E-state index contributed by atoms with van der Waals surface area (Å²) in [6.45, 7) is 2.11. The maximum Gasteiger partial charge on any atom is 0.318 e. The number of hydrogen-bond donors (Lipinski definition) is 1. The lowest BCUT2D eigenvalue weighted by Crippen LogP contribution is -2.37. The molecule has 1 aliphatic heterocycles. The summed E-state index contributed by atoms with van der Waals surface area (Å²) in [5.41, 5.74) is 1.31. The molecule has 0 unspecified atom stereocenters. The highest BCUT2D eigenvalue weighted by molar-refractivity contribution is 9.10. The van der Waals surface area contributed by atoms with Gasteiger partial charge in [0, 0.05) is 11.0 Å². The summed E-state index contributed by atoms with van der Waals surface area (Å²) in [6.07, 6.45) is 1.99. The summed E-state index contributed by atoms with van der Waals surface area (Å²) in [5.74, 6) is -1.64. The van der Waals surface area contributed by atoms with Crippen molar-refractivity contribution >= 4 is 31.7 Å².